The van der Waals surface area contributed by atoms with Gasteiger partial charge in [-0.15, -0.1) is 15.3 Å². The van der Waals surface area contributed by atoms with Crippen molar-refractivity contribution in [1.29, 1.82) is 0 Å². The molecule has 0 aliphatic carbocycles. The third kappa shape index (κ3) is 4.42. The topological polar surface area (TPSA) is 85.6 Å². The maximum absolute atomic E-state index is 12.4. The van der Waals surface area contributed by atoms with Crippen LogP contribution in [-0.4, -0.2) is 31.1 Å². The van der Waals surface area contributed by atoms with Gasteiger partial charge in [0.05, 0.1) is 12.7 Å². The van der Waals surface area contributed by atoms with Gasteiger partial charge in [-0.3, -0.25) is 10.1 Å². The number of hydrogen-bond acceptors (Lipinski definition) is 6. The van der Waals surface area contributed by atoms with Crippen molar-refractivity contribution in [2.45, 2.75) is 13.0 Å². The lowest BCUT2D eigenvalue weighted by Crippen LogP contribution is -2.12. The molecule has 4 aromatic rings. The van der Waals surface area contributed by atoms with Gasteiger partial charge < -0.3 is 0 Å². The average Bonchev–Trinajstić information content (AvgIpc) is 3.33. The number of anilines is 1. The molecule has 0 saturated carbocycles. The molecule has 0 aliphatic heterocycles. The van der Waals surface area contributed by atoms with Crippen LogP contribution in [0.25, 0.3) is 0 Å². The zero-order valence-electron chi connectivity index (χ0n) is 14.3. The van der Waals surface area contributed by atoms with Crippen molar-refractivity contribution < 1.29 is 4.79 Å². The molecule has 4 rings (SSSR count). The van der Waals surface area contributed by atoms with Crippen LogP contribution in [0.3, 0.4) is 0 Å². The second-order valence-corrected chi connectivity index (χ2v) is 6.97. The van der Waals surface area contributed by atoms with Crippen LogP contribution >= 0.6 is 11.3 Å². The minimum absolute atomic E-state index is 0.241. The molecule has 7 nitrogen and oxygen atoms in total. The Kier molecular flexibility index (Phi) is 4.97. The summed E-state index contributed by atoms with van der Waals surface area (Å²) >= 11 is 1.35. The minimum atomic E-state index is -0.350. The smallest absolute Gasteiger partial charge is 0.279 e. The van der Waals surface area contributed by atoms with E-state index in [9.17, 15) is 4.79 Å². The third-order valence-corrected chi connectivity index (χ3v) is 4.68. The van der Waals surface area contributed by atoms with Gasteiger partial charge in [-0.25, -0.2) is 4.68 Å². The molecule has 2 heterocycles. The molecule has 0 unspecified atom stereocenters. The summed E-state index contributed by atoms with van der Waals surface area (Å²) < 4.78 is 1.63. The Balaban J connectivity index is 1.38. The van der Waals surface area contributed by atoms with Crippen LogP contribution in [0.15, 0.2) is 66.9 Å². The second-order valence-electron chi connectivity index (χ2n) is 5.90. The van der Waals surface area contributed by atoms with Crippen molar-refractivity contribution in [1.82, 2.24) is 25.2 Å². The molecule has 8 heteroatoms. The molecular weight excluding hydrogens is 360 g/mol. The molecule has 0 spiro atoms. The van der Waals surface area contributed by atoms with Gasteiger partial charge >= 0.3 is 0 Å². The van der Waals surface area contributed by atoms with E-state index < -0.39 is 0 Å². The summed E-state index contributed by atoms with van der Waals surface area (Å²) in [6.07, 6.45) is 2.30. The van der Waals surface area contributed by atoms with Crippen LogP contribution < -0.4 is 5.32 Å². The van der Waals surface area contributed by atoms with E-state index in [-0.39, 0.29) is 11.6 Å². The maximum Gasteiger partial charge on any atom is 0.279 e. The molecule has 0 fully saturated rings. The van der Waals surface area contributed by atoms with Gasteiger partial charge in [-0.2, -0.15) is 0 Å². The summed E-state index contributed by atoms with van der Waals surface area (Å²) in [6, 6.07) is 19.9. The molecule has 134 valence electrons. The highest BCUT2D eigenvalue weighted by Crippen LogP contribution is 2.19. The van der Waals surface area contributed by atoms with Gasteiger partial charge in [0.25, 0.3) is 5.91 Å². The van der Waals surface area contributed by atoms with E-state index in [1.165, 1.54) is 11.3 Å². The molecule has 0 radical (unpaired) electrons. The molecule has 0 bridgehead atoms. The van der Waals surface area contributed by atoms with Crippen LogP contribution in [0.4, 0.5) is 5.13 Å². The third-order valence-electron chi connectivity index (χ3n) is 3.84. The van der Waals surface area contributed by atoms with Crippen molar-refractivity contribution in [3.05, 3.63) is 88.7 Å². The lowest BCUT2D eigenvalue weighted by molar-refractivity contribution is 0.102. The fourth-order valence-corrected chi connectivity index (χ4v) is 3.33. The molecule has 27 heavy (non-hydrogen) atoms. The number of benzene rings is 2. The van der Waals surface area contributed by atoms with E-state index >= 15 is 0 Å². The highest BCUT2D eigenvalue weighted by molar-refractivity contribution is 7.15. The van der Waals surface area contributed by atoms with Gasteiger partial charge in [-0.1, -0.05) is 77.2 Å². The number of nitrogens with one attached hydrogen (secondary N) is 1. The van der Waals surface area contributed by atoms with Gasteiger partial charge in [0.1, 0.15) is 5.01 Å². The summed E-state index contributed by atoms with van der Waals surface area (Å²) in [5.74, 6) is -0.350. The molecule has 1 amide bonds. The van der Waals surface area contributed by atoms with Crippen molar-refractivity contribution in [2.75, 3.05) is 5.32 Å². The average molecular weight is 376 g/mol. The monoisotopic (exact) mass is 376 g/mol. The first kappa shape index (κ1) is 17.0. The largest absolute Gasteiger partial charge is 0.295 e. The molecule has 0 atom stereocenters. The molecule has 2 aromatic heterocycles. The lowest BCUT2D eigenvalue weighted by atomic mass is 10.2. The molecule has 2 aromatic carbocycles. The summed E-state index contributed by atoms with van der Waals surface area (Å²) in [6.45, 7) is 0.557. The fraction of sp³-hybridized carbons (Fsp3) is 0.105. The summed E-state index contributed by atoms with van der Waals surface area (Å²) in [7, 11) is 0. The highest BCUT2D eigenvalue weighted by Gasteiger charge is 2.14. The number of nitrogens with zero attached hydrogens (tertiary/aromatic N) is 5. The van der Waals surface area contributed by atoms with Gasteiger partial charge in [0, 0.05) is 6.42 Å². The molecule has 0 aliphatic rings. The highest BCUT2D eigenvalue weighted by atomic mass is 32.1. The van der Waals surface area contributed by atoms with Crippen molar-refractivity contribution in [3.63, 3.8) is 0 Å². The Morgan fingerprint density at radius 2 is 1.63 bits per heavy atom. The maximum atomic E-state index is 12.4. The summed E-state index contributed by atoms with van der Waals surface area (Å²) in [5.41, 5.74) is 2.48. The first-order valence-corrected chi connectivity index (χ1v) is 9.19. The number of hydrogen-bond donors (Lipinski definition) is 1. The van der Waals surface area contributed by atoms with Crippen molar-refractivity contribution in [3.8, 4) is 0 Å². The van der Waals surface area contributed by atoms with Crippen LogP contribution in [0.1, 0.15) is 26.6 Å². The van der Waals surface area contributed by atoms with E-state index in [0.717, 1.165) is 16.1 Å². The number of rotatable bonds is 6. The summed E-state index contributed by atoms with van der Waals surface area (Å²) in [4.78, 5) is 12.4. The van der Waals surface area contributed by atoms with Gasteiger partial charge in [0.15, 0.2) is 5.69 Å². The molecular formula is C19H16N6OS. The standard InChI is InChI=1S/C19H16N6OS/c26-18(16-13-25(24-21-16)12-15-9-5-2-6-10-15)20-19-23-22-17(27-19)11-14-7-3-1-4-8-14/h1-10,13H,11-12H2,(H,20,23,26). The van der Waals surface area contributed by atoms with E-state index in [0.29, 0.717) is 18.1 Å². The van der Waals surface area contributed by atoms with Gasteiger partial charge in [-0.05, 0) is 11.1 Å². The number of aromatic nitrogens is 5. The van der Waals surface area contributed by atoms with E-state index in [4.69, 9.17) is 0 Å². The summed E-state index contributed by atoms with van der Waals surface area (Å²) in [5, 5.41) is 20.1. The Morgan fingerprint density at radius 1 is 0.926 bits per heavy atom. The fourth-order valence-electron chi connectivity index (χ4n) is 2.56. The lowest BCUT2D eigenvalue weighted by Gasteiger charge is -1.99. The minimum Gasteiger partial charge on any atom is -0.295 e. The van der Waals surface area contributed by atoms with Crippen molar-refractivity contribution in [2.24, 2.45) is 0 Å². The Bertz CT molecular complexity index is 1030. The number of amides is 1. The molecule has 0 saturated heterocycles. The van der Waals surface area contributed by atoms with Crippen LogP contribution in [-0.2, 0) is 13.0 Å². The zero-order chi connectivity index (χ0) is 18.5. The Labute approximate surface area is 159 Å². The predicted octanol–water partition coefficient (Wildman–Crippen LogP) is 3.02. The van der Waals surface area contributed by atoms with Crippen LogP contribution in [0.5, 0.6) is 0 Å². The van der Waals surface area contributed by atoms with Crippen LogP contribution in [0, 0.1) is 0 Å². The Morgan fingerprint density at radius 3 is 2.37 bits per heavy atom. The normalized spacial score (nSPS) is 10.7. The SMILES string of the molecule is O=C(Nc1nnc(Cc2ccccc2)s1)c1cn(Cc2ccccc2)nn1. The van der Waals surface area contributed by atoms with Crippen molar-refractivity contribution >= 4 is 22.4 Å². The van der Waals surface area contributed by atoms with Gasteiger partial charge in [0.2, 0.25) is 5.13 Å². The quantitative estimate of drug-likeness (QED) is 0.559. The molecule has 1 N–H and O–H groups in total. The first-order valence-electron chi connectivity index (χ1n) is 8.38. The first-order chi connectivity index (χ1) is 13.3. The van der Waals surface area contributed by atoms with Crippen LogP contribution in [0.2, 0.25) is 0 Å². The van der Waals surface area contributed by atoms with E-state index in [1.807, 2.05) is 60.7 Å². The zero-order valence-corrected chi connectivity index (χ0v) is 15.1. The number of carbonyl (C=O) groups excluding carboxylic acids is 1. The number of carbonyl (C=O) groups is 1. The van der Waals surface area contributed by atoms with E-state index in [1.54, 1.807) is 10.9 Å². The Hall–Kier alpha value is -3.39. The predicted molar refractivity (Wildman–Crippen MR) is 103 cm³/mol. The van der Waals surface area contributed by atoms with E-state index in [2.05, 4.69) is 25.8 Å². The second kappa shape index (κ2) is 7.88.